The van der Waals surface area contributed by atoms with Crippen molar-refractivity contribution >= 4 is 5.69 Å². The molecule has 0 saturated carbocycles. The minimum atomic E-state index is 0.0687. The van der Waals surface area contributed by atoms with Crippen molar-refractivity contribution in [3.63, 3.8) is 0 Å². The molecule has 0 amide bonds. The molecule has 0 spiro atoms. The Bertz CT molecular complexity index is 410. The largest absolute Gasteiger partial charge is 0.496 e. The van der Waals surface area contributed by atoms with E-state index in [0.717, 1.165) is 12.2 Å². The topological polar surface area (TPSA) is 38.5 Å². The van der Waals surface area contributed by atoms with Gasteiger partial charge in [-0.1, -0.05) is 20.8 Å². The molecule has 1 atom stereocenters. The number of rotatable bonds is 5. The molecule has 0 bridgehead atoms. The van der Waals surface area contributed by atoms with Crippen molar-refractivity contribution in [3.05, 3.63) is 23.8 Å². The monoisotopic (exact) mass is 264 g/mol. The van der Waals surface area contributed by atoms with Crippen molar-refractivity contribution in [2.24, 2.45) is 5.73 Å². The van der Waals surface area contributed by atoms with E-state index in [1.165, 1.54) is 11.3 Å². The lowest BCUT2D eigenvalue weighted by Gasteiger charge is -2.29. The summed E-state index contributed by atoms with van der Waals surface area (Å²) in [5.41, 5.74) is 8.16. The van der Waals surface area contributed by atoms with Crippen LogP contribution in [0.1, 0.15) is 39.7 Å². The van der Waals surface area contributed by atoms with E-state index in [2.05, 4.69) is 57.8 Å². The minimum Gasteiger partial charge on any atom is -0.496 e. The molecule has 19 heavy (non-hydrogen) atoms. The highest BCUT2D eigenvalue weighted by Crippen LogP contribution is 2.34. The smallest absolute Gasteiger partial charge is 0.122 e. The van der Waals surface area contributed by atoms with Crippen molar-refractivity contribution in [3.8, 4) is 5.75 Å². The summed E-state index contributed by atoms with van der Waals surface area (Å²) in [6, 6.07) is 6.83. The van der Waals surface area contributed by atoms with E-state index in [9.17, 15) is 0 Å². The number of nitrogens with zero attached hydrogens (tertiary/aromatic N) is 1. The van der Waals surface area contributed by atoms with Gasteiger partial charge < -0.3 is 15.4 Å². The minimum absolute atomic E-state index is 0.0687. The lowest BCUT2D eigenvalue weighted by Crippen LogP contribution is -2.31. The summed E-state index contributed by atoms with van der Waals surface area (Å²) in [7, 11) is 3.85. The first-order valence-electron chi connectivity index (χ1n) is 6.92. The third kappa shape index (κ3) is 3.87. The summed E-state index contributed by atoms with van der Waals surface area (Å²) in [6.07, 6.45) is 0.993. The molecule has 0 aliphatic carbocycles. The lowest BCUT2D eigenvalue weighted by molar-refractivity contribution is 0.397. The molecule has 1 rings (SSSR count). The first-order valence-corrected chi connectivity index (χ1v) is 6.92. The maximum Gasteiger partial charge on any atom is 0.122 e. The predicted molar refractivity (Wildman–Crippen MR) is 83.2 cm³/mol. The van der Waals surface area contributed by atoms with Crippen LogP contribution in [0.3, 0.4) is 0 Å². The highest BCUT2D eigenvalue weighted by atomic mass is 16.5. The Kier molecular flexibility index (Phi) is 5.24. The number of nitrogens with two attached hydrogens (primary N) is 1. The number of ether oxygens (including phenoxy) is 1. The van der Waals surface area contributed by atoms with E-state index in [1.54, 1.807) is 7.11 Å². The molecule has 1 aromatic rings. The van der Waals surface area contributed by atoms with Gasteiger partial charge >= 0.3 is 0 Å². The SMILES string of the molecule is COc1ccc(N(C)C(C)CCN)cc1C(C)(C)C. The first kappa shape index (κ1) is 15.8. The average molecular weight is 264 g/mol. The Morgan fingerprint density at radius 2 is 1.95 bits per heavy atom. The van der Waals surface area contributed by atoms with E-state index in [0.29, 0.717) is 12.6 Å². The summed E-state index contributed by atoms with van der Waals surface area (Å²) in [5.74, 6) is 0.955. The Morgan fingerprint density at radius 3 is 2.42 bits per heavy atom. The molecule has 0 aliphatic heterocycles. The van der Waals surface area contributed by atoms with Gasteiger partial charge in [0.2, 0.25) is 0 Å². The molecule has 0 saturated heterocycles. The van der Waals surface area contributed by atoms with E-state index in [1.807, 2.05) is 0 Å². The standard InChI is InChI=1S/C16H28N2O/c1-12(9-10-17)18(5)13-7-8-15(19-6)14(11-13)16(2,3)4/h7-8,11-12H,9-10,17H2,1-6H3. The number of methoxy groups -OCH3 is 1. The summed E-state index contributed by atoms with van der Waals surface area (Å²) >= 11 is 0. The zero-order valence-corrected chi connectivity index (χ0v) is 13.2. The number of anilines is 1. The fraction of sp³-hybridized carbons (Fsp3) is 0.625. The van der Waals surface area contributed by atoms with E-state index < -0.39 is 0 Å². The molecule has 1 aromatic carbocycles. The average Bonchev–Trinajstić information content (AvgIpc) is 2.36. The van der Waals surface area contributed by atoms with Crippen LogP contribution in [0, 0.1) is 0 Å². The molecule has 0 aromatic heterocycles. The Morgan fingerprint density at radius 1 is 1.32 bits per heavy atom. The molecule has 0 heterocycles. The van der Waals surface area contributed by atoms with Gasteiger partial charge in [0.25, 0.3) is 0 Å². The van der Waals surface area contributed by atoms with E-state index in [-0.39, 0.29) is 5.41 Å². The van der Waals surface area contributed by atoms with Crippen molar-refractivity contribution < 1.29 is 4.74 Å². The number of hydrogen-bond acceptors (Lipinski definition) is 3. The maximum atomic E-state index is 5.64. The summed E-state index contributed by atoms with van der Waals surface area (Å²) < 4.78 is 5.48. The van der Waals surface area contributed by atoms with Gasteiger partial charge in [-0.2, -0.15) is 0 Å². The van der Waals surface area contributed by atoms with Gasteiger partial charge in [-0.3, -0.25) is 0 Å². The number of hydrogen-bond donors (Lipinski definition) is 1. The second kappa shape index (κ2) is 6.29. The second-order valence-corrected chi connectivity index (χ2v) is 6.17. The van der Waals surface area contributed by atoms with Gasteiger partial charge in [-0.15, -0.1) is 0 Å². The van der Waals surface area contributed by atoms with Crippen LogP contribution in [-0.4, -0.2) is 26.7 Å². The second-order valence-electron chi connectivity index (χ2n) is 6.17. The van der Waals surface area contributed by atoms with E-state index >= 15 is 0 Å². The van der Waals surface area contributed by atoms with Crippen LogP contribution >= 0.6 is 0 Å². The first-order chi connectivity index (χ1) is 8.81. The van der Waals surface area contributed by atoms with Crippen LogP contribution in [0.15, 0.2) is 18.2 Å². The molecule has 1 unspecified atom stereocenters. The van der Waals surface area contributed by atoms with Crippen LogP contribution < -0.4 is 15.4 Å². The molecule has 0 fully saturated rings. The van der Waals surface area contributed by atoms with Crippen LogP contribution in [0.2, 0.25) is 0 Å². The fourth-order valence-corrected chi connectivity index (χ4v) is 2.19. The van der Waals surface area contributed by atoms with Crippen LogP contribution in [-0.2, 0) is 5.41 Å². The van der Waals surface area contributed by atoms with Gasteiger partial charge in [-0.25, -0.2) is 0 Å². The van der Waals surface area contributed by atoms with Gasteiger partial charge in [0.05, 0.1) is 7.11 Å². The van der Waals surface area contributed by atoms with E-state index in [4.69, 9.17) is 10.5 Å². The third-order valence-corrected chi connectivity index (χ3v) is 3.64. The number of benzene rings is 1. The highest BCUT2D eigenvalue weighted by Gasteiger charge is 2.20. The summed E-state index contributed by atoms with van der Waals surface area (Å²) in [5, 5.41) is 0. The maximum absolute atomic E-state index is 5.64. The lowest BCUT2D eigenvalue weighted by atomic mass is 9.86. The van der Waals surface area contributed by atoms with Crippen molar-refractivity contribution in [2.75, 3.05) is 25.6 Å². The fourth-order valence-electron chi connectivity index (χ4n) is 2.19. The van der Waals surface area contributed by atoms with Crippen molar-refractivity contribution in [2.45, 2.75) is 45.6 Å². The Hall–Kier alpha value is -1.22. The molecular formula is C16H28N2O. The van der Waals surface area contributed by atoms with Crippen LogP contribution in [0.25, 0.3) is 0 Å². The van der Waals surface area contributed by atoms with Gasteiger partial charge in [0.1, 0.15) is 5.75 Å². The molecule has 3 nitrogen and oxygen atoms in total. The van der Waals surface area contributed by atoms with Gasteiger partial charge in [-0.05, 0) is 43.5 Å². The predicted octanol–water partition coefficient (Wildman–Crippen LogP) is 3.17. The normalized spacial score (nSPS) is 13.2. The molecular weight excluding hydrogens is 236 g/mol. The summed E-state index contributed by atoms with van der Waals surface area (Å²) in [6.45, 7) is 9.54. The van der Waals surface area contributed by atoms with Crippen LogP contribution in [0.5, 0.6) is 5.75 Å². The summed E-state index contributed by atoms with van der Waals surface area (Å²) in [4.78, 5) is 2.28. The van der Waals surface area contributed by atoms with Gasteiger partial charge in [0, 0.05) is 24.3 Å². The van der Waals surface area contributed by atoms with Gasteiger partial charge in [0.15, 0.2) is 0 Å². The Labute approximate surface area is 117 Å². The highest BCUT2D eigenvalue weighted by molar-refractivity contribution is 5.55. The zero-order chi connectivity index (χ0) is 14.6. The quantitative estimate of drug-likeness (QED) is 0.887. The van der Waals surface area contributed by atoms with Crippen molar-refractivity contribution in [1.82, 2.24) is 0 Å². The molecule has 0 radical (unpaired) electrons. The molecule has 2 N–H and O–H groups in total. The molecule has 3 heteroatoms. The molecule has 108 valence electrons. The Balaban J connectivity index is 3.11. The van der Waals surface area contributed by atoms with Crippen LogP contribution in [0.4, 0.5) is 5.69 Å². The van der Waals surface area contributed by atoms with Crippen molar-refractivity contribution in [1.29, 1.82) is 0 Å². The third-order valence-electron chi connectivity index (χ3n) is 3.64. The molecule has 0 aliphatic rings. The zero-order valence-electron chi connectivity index (χ0n) is 13.2.